The van der Waals surface area contributed by atoms with E-state index in [-0.39, 0.29) is 6.04 Å². The molecule has 1 aromatic heterocycles. The van der Waals surface area contributed by atoms with Crippen molar-refractivity contribution in [1.29, 1.82) is 0 Å². The van der Waals surface area contributed by atoms with Crippen LogP contribution in [0.25, 0.3) is 0 Å². The first-order chi connectivity index (χ1) is 10.2. The molecule has 0 bridgehead atoms. The normalized spacial score (nSPS) is 12.4. The summed E-state index contributed by atoms with van der Waals surface area (Å²) in [5.41, 5.74) is 8.47. The lowest BCUT2D eigenvalue weighted by Gasteiger charge is -2.27. The molecule has 2 rings (SSSR count). The van der Waals surface area contributed by atoms with Crippen molar-refractivity contribution in [3.05, 3.63) is 59.9 Å². The largest absolute Gasteiger partial charge is 0.497 e. The average Bonchev–Trinajstić information content (AvgIpc) is 2.55. The minimum Gasteiger partial charge on any atom is -0.497 e. The van der Waals surface area contributed by atoms with E-state index in [1.54, 1.807) is 7.11 Å². The number of nitrogens with two attached hydrogens (primary N) is 1. The number of hydrogen-bond donors (Lipinski definition) is 1. The molecule has 0 spiro atoms. The van der Waals surface area contributed by atoms with Gasteiger partial charge >= 0.3 is 0 Å². The number of benzene rings is 1. The zero-order valence-electron chi connectivity index (χ0n) is 12.7. The van der Waals surface area contributed by atoms with Crippen LogP contribution in [0.5, 0.6) is 5.75 Å². The number of aromatic nitrogens is 1. The molecule has 2 N–H and O–H groups in total. The quantitative estimate of drug-likeness (QED) is 0.848. The van der Waals surface area contributed by atoms with Crippen molar-refractivity contribution in [2.45, 2.75) is 12.5 Å². The molecular formula is C17H23N3O. The predicted octanol–water partition coefficient (Wildman–Crippen LogP) is 2.26. The molecule has 112 valence electrons. The van der Waals surface area contributed by atoms with Crippen LogP contribution in [0, 0.1) is 0 Å². The van der Waals surface area contributed by atoms with Gasteiger partial charge in [0.05, 0.1) is 7.11 Å². The van der Waals surface area contributed by atoms with Gasteiger partial charge in [0.2, 0.25) is 0 Å². The van der Waals surface area contributed by atoms with Crippen molar-refractivity contribution in [3.8, 4) is 5.75 Å². The first kappa shape index (κ1) is 15.5. The lowest BCUT2D eigenvalue weighted by Crippen LogP contribution is -2.32. The van der Waals surface area contributed by atoms with Gasteiger partial charge in [0.1, 0.15) is 5.75 Å². The summed E-state index contributed by atoms with van der Waals surface area (Å²) in [6.45, 7) is 1.55. The number of likely N-dealkylation sites (N-methyl/N-ethyl adjacent to an activating group) is 1. The average molecular weight is 285 g/mol. The number of hydrogen-bond acceptors (Lipinski definition) is 4. The second-order valence-electron chi connectivity index (χ2n) is 5.11. The Morgan fingerprint density at radius 3 is 2.38 bits per heavy atom. The van der Waals surface area contributed by atoms with Crippen molar-refractivity contribution in [1.82, 2.24) is 9.88 Å². The van der Waals surface area contributed by atoms with Crippen LogP contribution in [0.15, 0.2) is 48.8 Å². The minimum atomic E-state index is 0.220. The van der Waals surface area contributed by atoms with E-state index in [0.717, 1.165) is 18.7 Å². The summed E-state index contributed by atoms with van der Waals surface area (Å²) in [5.74, 6) is 0.869. The number of nitrogens with zero attached hydrogens (tertiary/aromatic N) is 2. The summed E-state index contributed by atoms with van der Waals surface area (Å²) in [6, 6.07) is 12.5. The van der Waals surface area contributed by atoms with Gasteiger partial charge in [-0.15, -0.1) is 0 Å². The second kappa shape index (κ2) is 7.76. The standard InChI is InChI=1S/C17H23N3O/c1-20(12-9-14-7-10-19-11-8-14)17(13-18)15-3-5-16(21-2)6-4-15/h3-8,10-11,17H,9,12-13,18H2,1-2H3. The lowest BCUT2D eigenvalue weighted by atomic mass is 10.0. The second-order valence-corrected chi connectivity index (χ2v) is 5.11. The molecule has 0 saturated carbocycles. The Balaban J connectivity index is 1.98. The zero-order chi connectivity index (χ0) is 15.1. The number of methoxy groups -OCH3 is 1. The molecule has 0 saturated heterocycles. The van der Waals surface area contributed by atoms with Gasteiger partial charge in [0.15, 0.2) is 0 Å². The van der Waals surface area contributed by atoms with Crippen molar-refractivity contribution < 1.29 is 4.74 Å². The fraction of sp³-hybridized carbons (Fsp3) is 0.353. The summed E-state index contributed by atoms with van der Waals surface area (Å²) >= 11 is 0. The van der Waals surface area contributed by atoms with E-state index >= 15 is 0 Å². The first-order valence-corrected chi connectivity index (χ1v) is 7.17. The Labute approximate surface area is 126 Å². The van der Waals surface area contributed by atoms with Crippen LogP contribution in [-0.2, 0) is 6.42 Å². The maximum absolute atomic E-state index is 5.96. The topological polar surface area (TPSA) is 51.4 Å². The molecule has 0 amide bonds. The van der Waals surface area contributed by atoms with E-state index in [1.165, 1.54) is 11.1 Å². The Morgan fingerprint density at radius 2 is 1.81 bits per heavy atom. The molecule has 1 unspecified atom stereocenters. The van der Waals surface area contributed by atoms with Crippen molar-refractivity contribution >= 4 is 0 Å². The van der Waals surface area contributed by atoms with Crippen LogP contribution < -0.4 is 10.5 Å². The van der Waals surface area contributed by atoms with E-state index < -0.39 is 0 Å². The van der Waals surface area contributed by atoms with Crippen LogP contribution in [-0.4, -0.2) is 37.1 Å². The van der Waals surface area contributed by atoms with Crippen molar-refractivity contribution in [3.63, 3.8) is 0 Å². The van der Waals surface area contributed by atoms with Crippen LogP contribution >= 0.6 is 0 Å². The van der Waals surface area contributed by atoms with E-state index in [9.17, 15) is 0 Å². The fourth-order valence-corrected chi connectivity index (χ4v) is 2.41. The molecule has 0 aliphatic rings. The van der Waals surface area contributed by atoms with Gasteiger partial charge < -0.3 is 10.5 Å². The van der Waals surface area contributed by atoms with E-state index in [0.29, 0.717) is 6.54 Å². The number of rotatable bonds is 7. The van der Waals surface area contributed by atoms with Crippen LogP contribution in [0.4, 0.5) is 0 Å². The Morgan fingerprint density at radius 1 is 1.14 bits per heavy atom. The van der Waals surface area contributed by atoms with Crippen LogP contribution in [0.3, 0.4) is 0 Å². The first-order valence-electron chi connectivity index (χ1n) is 7.17. The lowest BCUT2D eigenvalue weighted by molar-refractivity contribution is 0.253. The summed E-state index contributed by atoms with van der Waals surface area (Å²) in [5, 5.41) is 0. The van der Waals surface area contributed by atoms with E-state index in [1.807, 2.05) is 24.5 Å². The van der Waals surface area contributed by atoms with Crippen molar-refractivity contribution in [2.75, 3.05) is 27.2 Å². The third kappa shape index (κ3) is 4.28. The van der Waals surface area contributed by atoms with Gasteiger partial charge in [0, 0.05) is 31.5 Å². The maximum atomic E-state index is 5.96. The highest BCUT2D eigenvalue weighted by Crippen LogP contribution is 2.21. The Bertz CT molecular complexity index is 527. The van der Waals surface area contributed by atoms with Crippen molar-refractivity contribution in [2.24, 2.45) is 5.73 Å². The summed E-state index contributed by atoms with van der Waals surface area (Å²) in [6.07, 6.45) is 4.66. The summed E-state index contributed by atoms with van der Waals surface area (Å²) in [7, 11) is 3.79. The SMILES string of the molecule is COc1ccc(C(CN)N(C)CCc2ccncc2)cc1. The zero-order valence-corrected chi connectivity index (χ0v) is 12.7. The summed E-state index contributed by atoms with van der Waals surface area (Å²) in [4.78, 5) is 6.34. The molecule has 1 heterocycles. The van der Waals surface area contributed by atoms with Gasteiger partial charge in [-0.05, 0) is 48.9 Å². The fourth-order valence-electron chi connectivity index (χ4n) is 2.41. The molecule has 0 aliphatic carbocycles. The molecule has 21 heavy (non-hydrogen) atoms. The molecule has 0 aliphatic heterocycles. The molecule has 1 aromatic carbocycles. The van der Waals surface area contributed by atoms with Gasteiger partial charge in [0.25, 0.3) is 0 Å². The smallest absolute Gasteiger partial charge is 0.118 e. The van der Waals surface area contributed by atoms with Gasteiger partial charge in [-0.2, -0.15) is 0 Å². The predicted molar refractivity (Wildman–Crippen MR) is 85.4 cm³/mol. The Hall–Kier alpha value is -1.91. The summed E-state index contributed by atoms with van der Waals surface area (Å²) < 4.78 is 5.20. The van der Waals surface area contributed by atoms with Gasteiger partial charge in [-0.25, -0.2) is 0 Å². The van der Waals surface area contributed by atoms with Crippen LogP contribution in [0.1, 0.15) is 17.2 Å². The highest BCUT2D eigenvalue weighted by molar-refractivity contribution is 5.29. The molecule has 0 fully saturated rings. The third-order valence-electron chi connectivity index (χ3n) is 3.76. The van der Waals surface area contributed by atoms with E-state index in [4.69, 9.17) is 10.5 Å². The van der Waals surface area contributed by atoms with Gasteiger partial charge in [-0.1, -0.05) is 12.1 Å². The maximum Gasteiger partial charge on any atom is 0.118 e. The molecule has 4 heteroatoms. The Kier molecular flexibility index (Phi) is 5.72. The highest BCUT2D eigenvalue weighted by atomic mass is 16.5. The molecule has 4 nitrogen and oxygen atoms in total. The molecule has 2 aromatic rings. The van der Waals surface area contributed by atoms with Crippen LogP contribution in [0.2, 0.25) is 0 Å². The minimum absolute atomic E-state index is 0.220. The highest BCUT2D eigenvalue weighted by Gasteiger charge is 2.15. The van der Waals surface area contributed by atoms with E-state index in [2.05, 4.69) is 41.2 Å². The molecule has 0 radical (unpaired) electrons. The molecule has 1 atom stereocenters. The number of pyridine rings is 1. The molecular weight excluding hydrogens is 262 g/mol. The van der Waals surface area contributed by atoms with Gasteiger partial charge in [-0.3, -0.25) is 9.88 Å². The third-order valence-corrected chi connectivity index (χ3v) is 3.76. The number of ether oxygens (including phenoxy) is 1. The monoisotopic (exact) mass is 285 g/mol.